The molecule has 0 fully saturated rings. The Labute approximate surface area is 137 Å². The lowest BCUT2D eigenvalue weighted by atomic mass is 10.1. The minimum absolute atomic E-state index is 0.0143. The Morgan fingerprint density at radius 2 is 1.61 bits per heavy atom. The van der Waals surface area contributed by atoms with Crippen molar-refractivity contribution in [3.8, 4) is 0 Å². The molecule has 5 heteroatoms. The molecule has 2 rings (SSSR count). The first-order chi connectivity index (χ1) is 10.9. The molecule has 0 radical (unpaired) electrons. The number of carbonyl (C=O) groups excluding carboxylic acids is 1. The molecule has 0 saturated heterocycles. The van der Waals surface area contributed by atoms with E-state index in [4.69, 9.17) is 0 Å². The van der Waals surface area contributed by atoms with Gasteiger partial charge in [0.2, 0.25) is 5.91 Å². The van der Waals surface area contributed by atoms with Gasteiger partial charge in [0, 0.05) is 20.0 Å². The Bertz CT molecular complexity index is 770. The van der Waals surface area contributed by atoms with Crippen molar-refractivity contribution in [3.05, 3.63) is 65.7 Å². The van der Waals surface area contributed by atoms with Gasteiger partial charge in [0.1, 0.15) is 0 Å². The molecule has 122 valence electrons. The first kappa shape index (κ1) is 17.2. The van der Waals surface area contributed by atoms with Crippen molar-refractivity contribution in [2.75, 3.05) is 12.8 Å². The van der Waals surface area contributed by atoms with E-state index in [2.05, 4.69) is 0 Å². The third-order valence-electron chi connectivity index (χ3n) is 3.78. The van der Waals surface area contributed by atoms with E-state index in [1.165, 1.54) is 0 Å². The molecule has 0 aromatic heterocycles. The first-order valence-electron chi connectivity index (χ1n) is 7.46. The number of aryl methyl sites for hydroxylation is 1. The predicted molar refractivity (Wildman–Crippen MR) is 90.8 cm³/mol. The van der Waals surface area contributed by atoms with E-state index in [9.17, 15) is 13.2 Å². The molecule has 0 bridgehead atoms. The maximum absolute atomic E-state index is 12.2. The Hall–Kier alpha value is -2.14. The lowest BCUT2D eigenvalue weighted by Crippen LogP contribution is -2.28. The largest absolute Gasteiger partial charge is 0.341 e. The van der Waals surface area contributed by atoms with E-state index in [1.54, 1.807) is 42.3 Å². The monoisotopic (exact) mass is 331 g/mol. The van der Waals surface area contributed by atoms with E-state index < -0.39 is 9.84 Å². The predicted octanol–water partition coefficient (Wildman–Crippen LogP) is 2.82. The van der Waals surface area contributed by atoms with Crippen LogP contribution in [0.2, 0.25) is 0 Å². The Kier molecular flexibility index (Phi) is 5.55. The molecule has 0 heterocycles. The van der Waals surface area contributed by atoms with Crippen molar-refractivity contribution >= 4 is 15.7 Å². The Morgan fingerprint density at radius 1 is 1.00 bits per heavy atom. The molecule has 0 aliphatic heterocycles. The maximum Gasteiger partial charge on any atom is 0.223 e. The molecule has 0 aliphatic carbocycles. The van der Waals surface area contributed by atoms with Gasteiger partial charge < -0.3 is 4.90 Å². The van der Waals surface area contributed by atoms with E-state index in [-0.39, 0.29) is 23.0 Å². The van der Waals surface area contributed by atoms with Crippen LogP contribution in [0.15, 0.2) is 59.5 Å². The van der Waals surface area contributed by atoms with Crippen LogP contribution in [0.1, 0.15) is 17.5 Å². The highest BCUT2D eigenvalue weighted by atomic mass is 32.2. The van der Waals surface area contributed by atoms with Gasteiger partial charge in [-0.25, -0.2) is 8.42 Å². The lowest BCUT2D eigenvalue weighted by Gasteiger charge is -2.18. The third-order valence-corrected chi connectivity index (χ3v) is 5.51. The SMILES string of the molecule is Cc1ccccc1CN(C)C(=O)CCS(=O)(=O)c1ccccc1. The summed E-state index contributed by atoms with van der Waals surface area (Å²) in [6, 6.07) is 16.1. The number of hydrogen-bond acceptors (Lipinski definition) is 3. The summed E-state index contributed by atoms with van der Waals surface area (Å²) in [7, 11) is -1.72. The molecule has 2 aromatic rings. The van der Waals surface area contributed by atoms with Gasteiger partial charge in [0.25, 0.3) is 0 Å². The van der Waals surface area contributed by atoms with Crippen molar-refractivity contribution in [1.29, 1.82) is 0 Å². The van der Waals surface area contributed by atoms with Gasteiger partial charge in [0.15, 0.2) is 9.84 Å². The normalized spacial score (nSPS) is 11.2. The van der Waals surface area contributed by atoms with Crippen molar-refractivity contribution in [2.45, 2.75) is 24.8 Å². The zero-order valence-corrected chi connectivity index (χ0v) is 14.2. The molecule has 0 aliphatic rings. The second-order valence-corrected chi connectivity index (χ2v) is 7.67. The molecule has 0 N–H and O–H groups in total. The quantitative estimate of drug-likeness (QED) is 0.818. The first-order valence-corrected chi connectivity index (χ1v) is 9.11. The molecule has 0 spiro atoms. The zero-order valence-electron chi connectivity index (χ0n) is 13.4. The van der Waals surface area contributed by atoms with Gasteiger partial charge in [0.05, 0.1) is 10.6 Å². The fourth-order valence-electron chi connectivity index (χ4n) is 2.29. The van der Waals surface area contributed by atoms with Gasteiger partial charge in [-0.05, 0) is 30.2 Å². The molecule has 1 amide bonds. The second kappa shape index (κ2) is 7.42. The van der Waals surface area contributed by atoms with Crippen LogP contribution >= 0.6 is 0 Å². The maximum atomic E-state index is 12.2. The highest BCUT2D eigenvalue weighted by Crippen LogP contribution is 2.13. The molecule has 0 atom stereocenters. The standard InChI is InChI=1S/C18H21NO3S/c1-15-8-6-7-9-16(15)14-19(2)18(20)12-13-23(21,22)17-10-4-3-5-11-17/h3-11H,12-14H2,1-2H3. The van der Waals surface area contributed by atoms with Gasteiger partial charge in [-0.2, -0.15) is 0 Å². The molecular weight excluding hydrogens is 310 g/mol. The highest BCUT2D eigenvalue weighted by Gasteiger charge is 2.18. The second-order valence-electron chi connectivity index (χ2n) is 5.56. The lowest BCUT2D eigenvalue weighted by molar-refractivity contribution is -0.130. The third kappa shape index (κ3) is 4.66. The topological polar surface area (TPSA) is 54.5 Å². The summed E-state index contributed by atoms with van der Waals surface area (Å²) < 4.78 is 24.4. The molecule has 2 aromatic carbocycles. The van der Waals surface area contributed by atoms with Gasteiger partial charge in [-0.15, -0.1) is 0 Å². The molecule has 23 heavy (non-hydrogen) atoms. The number of nitrogens with zero attached hydrogens (tertiary/aromatic N) is 1. The highest BCUT2D eigenvalue weighted by molar-refractivity contribution is 7.91. The Morgan fingerprint density at radius 3 is 2.26 bits per heavy atom. The summed E-state index contributed by atoms with van der Waals surface area (Å²) in [5.41, 5.74) is 2.18. The van der Waals surface area contributed by atoms with Crippen LogP contribution < -0.4 is 0 Å². The van der Waals surface area contributed by atoms with Crippen molar-refractivity contribution in [3.63, 3.8) is 0 Å². The molecular formula is C18H21NO3S. The molecule has 4 nitrogen and oxygen atoms in total. The average molecular weight is 331 g/mol. The van der Waals surface area contributed by atoms with Crippen LogP contribution in [-0.4, -0.2) is 32.0 Å². The summed E-state index contributed by atoms with van der Waals surface area (Å²) >= 11 is 0. The summed E-state index contributed by atoms with van der Waals surface area (Å²) in [6.07, 6.45) is -0.0143. The zero-order chi connectivity index (χ0) is 16.9. The molecule has 0 saturated carbocycles. The molecule has 0 unspecified atom stereocenters. The van der Waals surface area contributed by atoms with E-state index in [0.29, 0.717) is 6.54 Å². The number of benzene rings is 2. The van der Waals surface area contributed by atoms with Crippen LogP contribution in [0.5, 0.6) is 0 Å². The van der Waals surface area contributed by atoms with E-state index >= 15 is 0 Å². The summed E-state index contributed by atoms with van der Waals surface area (Å²) in [5, 5.41) is 0. The van der Waals surface area contributed by atoms with Crippen molar-refractivity contribution in [2.24, 2.45) is 0 Å². The van der Waals surface area contributed by atoms with Crippen molar-refractivity contribution in [1.82, 2.24) is 4.90 Å². The van der Waals surface area contributed by atoms with E-state index in [1.807, 2.05) is 31.2 Å². The Balaban J connectivity index is 1.96. The number of rotatable bonds is 6. The summed E-state index contributed by atoms with van der Waals surface area (Å²) in [4.78, 5) is 14.0. The number of amides is 1. The van der Waals surface area contributed by atoms with Crippen molar-refractivity contribution < 1.29 is 13.2 Å². The fraction of sp³-hybridized carbons (Fsp3) is 0.278. The smallest absolute Gasteiger partial charge is 0.223 e. The van der Waals surface area contributed by atoms with Crippen LogP contribution in [0.25, 0.3) is 0 Å². The van der Waals surface area contributed by atoms with E-state index in [0.717, 1.165) is 11.1 Å². The van der Waals surface area contributed by atoms with Crippen LogP contribution in [-0.2, 0) is 21.2 Å². The number of hydrogen-bond donors (Lipinski definition) is 0. The number of carbonyl (C=O) groups is 1. The van der Waals surface area contributed by atoms with Gasteiger partial charge >= 0.3 is 0 Å². The minimum Gasteiger partial charge on any atom is -0.341 e. The fourth-order valence-corrected chi connectivity index (χ4v) is 3.54. The van der Waals surface area contributed by atoms with Gasteiger partial charge in [-0.1, -0.05) is 42.5 Å². The minimum atomic E-state index is -3.42. The van der Waals surface area contributed by atoms with Crippen LogP contribution in [0.4, 0.5) is 0 Å². The summed E-state index contributed by atoms with van der Waals surface area (Å²) in [5.74, 6) is -0.346. The van der Waals surface area contributed by atoms with Gasteiger partial charge in [-0.3, -0.25) is 4.79 Å². The van der Waals surface area contributed by atoms with Crippen LogP contribution in [0.3, 0.4) is 0 Å². The number of sulfone groups is 1. The summed E-state index contributed by atoms with van der Waals surface area (Å²) in [6.45, 7) is 2.48. The average Bonchev–Trinajstić information content (AvgIpc) is 2.55. The van der Waals surface area contributed by atoms with Crippen LogP contribution in [0, 0.1) is 6.92 Å².